The molecule has 0 amide bonds. The van der Waals surface area contributed by atoms with E-state index in [-0.39, 0.29) is 16.7 Å². The van der Waals surface area contributed by atoms with Crippen molar-refractivity contribution in [3.63, 3.8) is 0 Å². The lowest BCUT2D eigenvalue weighted by molar-refractivity contribution is 1.16. The standard InChI is InChI=1S/C61H35N7/c62-36-39-31-44(37-63)60(45(32-39)38-64)43-28-30-59-51(34-43)49-22-10-14-26-57(49)68(59)58-29-27-42(53-35-52(40-15-3-1-4-16-40)65-61(66-53)41-17-5-2-6-18-41)33-50(58)48-21-9-13-25-56(48)67-54-23-11-7-19-46(54)47-20-8-12-24-55(47)67/h1-35H. The van der Waals surface area contributed by atoms with Crippen molar-refractivity contribution in [2.24, 2.45) is 0 Å². The van der Waals surface area contributed by atoms with Gasteiger partial charge in [-0.25, -0.2) is 9.97 Å². The third kappa shape index (κ3) is 6.49. The number of hydrogen-bond donors (Lipinski definition) is 0. The Bertz CT molecular complexity index is 3980. The lowest BCUT2D eigenvalue weighted by atomic mass is 9.92. The fourth-order valence-electron chi connectivity index (χ4n) is 9.83. The second kappa shape index (κ2) is 16.3. The molecule has 314 valence electrons. The quantitative estimate of drug-likeness (QED) is 0.159. The number of para-hydroxylation sites is 4. The van der Waals surface area contributed by atoms with Crippen molar-refractivity contribution in [3.8, 4) is 85.7 Å². The van der Waals surface area contributed by atoms with Gasteiger partial charge in [-0.1, -0.05) is 146 Å². The molecular weight excluding hydrogens is 831 g/mol. The number of aromatic nitrogens is 4. The minimum absolute atomic E-state index is 0.270. The van der Waals surface area contributed by atoms with Crippen molar-refractivity contribution < 1.29 is 0 Å². The number of benzene rings is 9. The highest BCUT2D eigenvalue weighted by atomic mass is 15.0. The van der Waals surface area contributed by atoms with Crippen LogP contribution in [-0.4, -0.2) is 19.1 Å². The summed E-state index contributed by atoms with van der Waals surface area (Å²) in [5.41, 5.74) is 14.6. The van der Waals surface area contributed by atoms with Gasteiger partial charge in [0.25, 0.3) is 0 Å². The summed E-state index contributed by atoms with van der Waals surface area (Å²) in [5, 5.41) is 34.6. The second-order valence-corrected chi connectivity index (χ2v) is 16.7. The van der Waals surface area contributed by atoms with Crippen LogP contribution in [-0.2, 0) is 0 Å². The smallest absolute Gasteiger partial charge is 0.160 e. The molecule has 0 aliphatic heterocycles. The average Bonchev–Trinajstić information content (AvgIpc) is 3.93. The molecule has 3 aromatic heterocycles. The largest absolute Gasteiger partial charge is 0.309 e. The van der Waals surface area contributed by atoms with E-state index in [0.717, 1.165) is 89.0 Å². The number of fused-ring (bicyclic) bond motifs is 6. The summed E-state index contributed by atoms with van der Waals surface area (Å²) < 4.78 is 4.69. The highest BCUT2D eigenvalue weighted by Crippen LogP contribution is 2.43. The first-order chi connectivity index (χ1) is 33.6. The van der Waals surface area contributed by atoms with E-state index in [1.165, 1.54) is 10.8 Å². The van der Waals surface area contributed by atoms with Gasteiger partial charge in [-0.05, 0) is 72.3 Å². The number of rotatable bonds is 7. The second-order valence-electron chi connectivity index (χ2n) is 16.7. The van der Waals surface area contributed by atoms with Gasteiger partial charge in [-0.2, -0.15) is 15.8 Å². The maximum absolute atomic E-state index is 10.3. The molecular formula is C61H35N7. The van der Waals surface area contributed by atoms with Crippen LogP contribution < -0.4 is 0 Å². The van der Waals surface area contributed by atoms with Gasteiger partial charge in [-0.3, -0.25) is 0 Å². The molecule has 0 spiro atoms. The van der Waals surface area contributed by atoms with E-state index in [1.807, 2.05) is 60.7 Å². The molecule has 0 unspecified atom stereocenters. The van der Waals surface area contributed by atoms with Gasteiger partial charge in [0.1, 0.15) is 0 Å². The van der Waals surface area contributed by atoms with Crippen molar-refractivity contribution in [1.29, 1.82) is 15.8 Å². The highest BCUT2D eigenvalue weighted by molar-refractivity contribution is 6.12. The third-order valence-electron chi connectivity index (χ3n) is 12.8. The number of hydrogen-bond acceptors (Lipinski definition) is 5. The Balaban J connectivity index is 1.15. The van der Waals surface area contributed by atoms with Crippen LogP contribution in [0.15, 0.2) is 212 Å². The zero-order valence-corrected chi connectivity index (χ0v) is 36.3. The molecule has 0 fully saturated rings. The molecule has 0 saturated heterocycles. The molecule has 0 aliphatic carbocycles. The van der Waals surface area contributed by atoms with Gasteiger partial charge in [-0.15, -0.1) is 0 Å². The van der Waals surface area contributed by atoms with Gasteiger partial charge >= 0.3 is 0 Å². The molecule has 0 N–H and O–H groups in total. The summed E-state index contributed by atoms with van der Waals surface area (Å²) in [7, 11) is 0. The first-order valence-corrected chi connectivity index (χ1v) is 22.2. The molecule has 3 heterocycles. The summed E-state index contributed by atoms with van der Waals surface area (Å²) in [6.45, 7) is 0. The monoisotopic (exact) mass is 865 g/mol. The molecule has 9 aromatic carbocycles. The summed E-state index contributed by atoms with van der Waals surface area (Å²) in [4.78, 5) is 10.4. The fourth-order valence-corrected chi connectivity index (χ4v) is 9.83. The van der Waals surface area contributed by atoms with Crippen LogP contribution >= 0.6 is 0 Å². The molecule has 0 saturated carbocycles. The van der Waals surface area contributed by atoms with E-state index >= 15 is 0 Å². The average molecular weight is 866 g/mol. The van der Waals surface area contributed by atoms with Crippen molar-refractivity contribution >= 4 is 43.6 Å². The van der Waals surface area contributed by atoms with Crippen LogP contribution in [0, 0.1) is 34.0 Å². The minimum atomic E-state index is 0.270. The number of nitrogens with zero attached hydrogens (tertiary/aromatic N) is 7. The van der Waals surface area contributed by atoms with Crippen molar-refractivity contribution in [2.75, 3.05) is 0 Å². The molecule has 0 bridgehead atoms. The topological polar surface area (TPSA) is 107 Å². The Morgan fingerprint density at radius 3 is 1.43 bits per heavy atom. The molecule has 7 nitrogen and oxygen atoms in total. The Labute approximate surface area is 391 Å². The first-order valence-electron chi connectivity index (χ1n) is 22.2. The van der Waals surface area contributed by atoms with E-state index in [2.05, 4.69) is 167 Å². The van der Waals surface area contributed by atoms with Crippen LogP contribution in [0.2, 0.25) is 0 Å². The maximum Gasteiger partial charge on any atom is 0.160 e. The van der Waals surface area contributed by atoms with Crippen molar-refractivity contribution in [1.82, 2.24) is 19.1 Å². The Kier molecular flexibility index (Phi) is 9.51. The van der Waals surface area contributed by atoms with Gasteiger partial charge < -0.3 is 9.13 Å². The molecule has 12 rings (SSSR count). The summed E-state index contributed by atoms with van der Waals surface area (Å²) in [5.74, 6) is 0.637. The molecule has 0 aliphatic rings. The summed E-state index contributed by atoms with van der Waals surface area (Å²) in [6.07, 6.45) is 0. The fraction of sp³-hybridized carbons (Fsp3) is 0. The molecule has 68 heavy (non-hydrogen) atoms. The molecule has 7 heteroatoms. The molecule has 0 radical (unpaired) electrons. The molecule has 12 aromatic rings. The highest BCUT2D eigenvalue weighted by Gasteiger charge is 2.23. The Hall–Kier alpha value is -9.87. The lowest BCUT2D eigenvalue weighted by Crippen LogP contribution is -2.02. The maximum atomic E-state index is 10.3. The predicted molar refractivity (Wildman–Crippen MR) is 272 cm³/mol. The van der Waals surface area contributed by atoms with E-state index in [4.69, 9.17) is 9.97 Å². The lowest BCUT2D eigenvalue weighted by Gasteiger charge is -2.20. The zero-order valence-electron chi connectivity index (χ0n) is 36.3. The van der Waals surface area contributed by atoms with E-state index in [1.54, 1.807) is 12.1 Å². The first kappa shape index (κ1) is 39.7. The van der Waals surface area contributed by atoms with Crippen molar-refractivity contribution in [3.05, 3.63) is 229 Å². The Morgan fingerprint density at radius 2 is 0.824 bits per heavy atom. The van der Waals surface area contributed by atoms with Gasteiger partial charge in [0.05, 0.1) is 79.7 Å². The zero-order chi connectivity index (χ0) is 45.7. The van der Waals surface area contributed by atoms with E-state index < -0.39 is 0 Å². The van der Waals surface area contributed by atoms with Crippen molar-refractivity contribution in [2.45, 2.75) is 0 Å². The van der Waals surface area contributed by atoms with Gasteiger partial charge in [0.15, 0.2) is 5.82 Å². The SMILES string of the molecule is N#Cc1cc(C#N)c(-c2ccc3c(c2)c2ccccc2n3-c2ccc(-c3cc(-c4ccccc4)nc(-c4ccccc4)n3)cc2-c2ccccc2-n2c3ccccc3c3ccccc32)c(C#N)c1. The molecule has 0 atom stereocenters. The van der Waals surface area contributed by atoms with E-state index in [9.17, 15) is 15.8 Å². The normalized spacial score (nSPS) is 11.2. The Morgan fingerprint density at radius 1 is 0.338 bits per heavy atom. The predicted octanol–water partition coefficient (Wildman–Crippen LogP) is 14.6. The van der Waals surface area contributed by atoms with E-state index in [0.29, 0.717) is 11.4 Å². The van der Waals surface area contributed by atoms with Crippen LogP contribution in [0.5, 0.6) is 0 Å². The van der Waals surface area contributed by atoms with Crippen LogP contribution in [0.4, 0.5) is 0 Å². The third-order valence-corrected chi connectivity index (χ3v) is 12.8. The van der Waals surface area contributed by atoms with Crippen LogP contribution in [0.25, 0.3) is 111 Å². The van der Waals surface area contributed by atoms with Gasteiger partial charge in [0, 0.05) is 54.9 Å². The van der Waals surface area contributed by atoms with Gasteiger partial charge in [0.2, 0.25) is 0 Å². The summed E-state index contributed by atoms with van der Waals surface area (Å²) >= 11 is 0. The van der Waals surface area contributed by atoms with Crippen LogP contribution in [0.1, 0.15) is 16.7 Å². The minimum Gasteiger partial charge on any atom is -0.309 e. The summed E-state index contributed by atoms with van der Waals surface area (Å²) in [6, 6.07) is 78.9. The van der Waals surface area contributed by atoms with Crippen LogP contribution in [0.3, 0.4) is 0 Å². The number of nitriles is 3.